The first-order valence-corrected chi connectivity index (χ1v) is 11.7. The minimum atomic E-state index is -0.0811. The van der Waals surface area contributed by atoms with Crippen molar-refractivity contribution in [1.82, 2.24) is 5.32 Å². The Bertz CT molecular complexity index is 1080. The lowest BCUT2D eigenvalue weighted by atomic mass is 10.0. The van der Waals surface area contributed by atoms with Gasteiger partial charge in [-0.1, -0.05) is 36.4 Å². The fourth-order valence-electron chi connectivity index (χ4n) is 3.84. The second kappa shape index (κ2) is 11.6. The molecule has 1 N–H and O–H groups in total. The molecule has 3 rings (SSSR count). The van der Waals surface area contributed by atoms with Crippen molar-refractivity contribution in [2.75, 3.05) is 6.61 Å². The van der Waals surface area contributed by atoms with Crippen molar-refractivity contribution < 1.29 is 14.3 Å². The average Bonchev–Trinajstić information content (AvgIpc) is 2.80. The van der Waals surface area contributed by atoms with E-state index in [0.29, 0.717) is 18.8 Å². The highest BCUT2D eigenvalue weighted by molar-refractivity contribution is 5.94. The normalized spacial score (nSPS) is 11.7. The number of rotatable bonds is 10. The second-order valence-corrected chi connectivity index (χ2v) is 8.65. The summed E-state index contributed by atoms with van der Waals surface area (Å²) in [6, 6.07) is 20.2. The summed E-state index contributed by atoms with van der Waals surface area (Å²) in [6.45, 7) is 11.1. The fraction of sp³-hybridized carbons (Fsp3) is 0.345. The van der Waals surface area contributed by atoms with Crippen molar-refractivity contribution in [3.8, 4) is 11.5 Å². The van der Waals surface area contributed by atoms with Gasteiger partial charge in [-0.3, -0.25) is 4.79 Å². The Morgan fingerprint density at radius 3 is 2.42 bits per heavy atom. The van der Waals surface area contributed by atoms with Gasteiger partial charge in [0.05, 0.1) is 6.61 Å². The first kappa shape index (κ1) is 24.4. The third kappa shape index (κ3) is 6.85. The molecule has 3 aromatic rings. The van der Waals surface area contributed by atoms with Gasteiger partial charge in [-0.15, -0.1) is 0 Å². The number of hydrogen-bond acceptors (Lipinski definition) is 3. The van der Waals surface area contributed by atoms with Crippen LogP contribution in [-0.2, 0) is 13.0 Å². The van der Waals surface area contributed by atoms with E-state index in [2.05, 4.69) is 44.3 Å². The molecule has 4 heteroatoms. The lowest BCUT2D eigenvalue weighted by molar-refractivity contribution is 0.0938. The third-order valence-electron chi connectivity index (χ3n) is 5.86. The van der Waals surface area contributed by atoms with Crippen molar-refractivity contribution in [3.63, 3.8) is 0 Å². The molecule has 0 fully saturated rings. The van der Waals surface area contributed by atoms with Crippen LogP contribution in [0.4, 0.5) is 0 Å². The highest BCUT2D eigenvalue weighted by Gasteiger charge is 2.14. The first-order chi connectivity index (χ1) is 15.9. The maximum absolute atomic E-state index is 12.9. The average molecular weight is 446 g/mol. The Balaban J connectivity index is 1.69. The SMILES string of the molecule is CCOc1ccc(C(=O)N[C@H](C)CCc2ccccc2)cc1COc1cc(C)cc(C)c1C. The Hall–Kier alpha value is -3.27. The molecule has 0 bridgehead atoms. The maximum atomic E-state index is 12.9. The van der Waals surface area contributed by atoms with Gasteiger partial charge in [-0.05, 0) is 94.0 Å². The Morgan fingerprint density at radius 1 is 0.939 bits per heavy atom. The van der Waals surface area contributed by atoms with E-state index in [1.807, 2.05) is 56.3 Å². The van der Waals surface area contributed by atoms with Gasteiger partial charge in [0.25, 0.3) is 5.91 Å². The van der Waals surface area contributed by atoms with Crippen molar-refractivity contribution in [1.29, 1.82) is 0 Å². The molecule has 0 saturated carbocycles. The zero-order valence-corrected chi connectivity index (χ0v) is 20.4. The van der Waals surface area contributed by atoms with Gasteiger partial charge in [-0.25, -0.2) is 0 Å². The zero-order chi connectivity index (χ0) is 23.8. The molecular weight excluding hydrogens is 410 g/mol. The van der Waals surface area contributed by atoms with E-state index in [1.54, 1.807) is 0 Å². The van der Waals surface area contributed by atoms with Gasteiger partial charge < -0.3 is 14.8 Å². The maximum Gasteiger partial charge on any atom is 0.251 e. The predicted molar refractivity (Wildman–Crippen MR) is 134 cm³/mol. The van der Waals surface area contributed by atoms with Crippen molar-refractivity contribution in [2.24, 2.45) is 0 Å². The summed E-state index contributed by atoms with van der Waals surface area (Å²) in [7, 11) is 0. The number of carbonyl (C=O) groups is 1. The summed E-state index contributed by atoms with van der Waals surface area (Å²) in [5.41, 5.74) is 6.24. The van der Waals surface area contributed by atoms with E-state index < -0.39 is 0 Å². The van der Waals surface area contributed by atoms with E-state index in [-0.39, 0.29) is 11.9 Å². The van der Waals surface area contributed by atoms with Crippen LogP contribution < -0.4 is 14.8 Å². The molecule has 174 valence electrons. The summed E-state index contributed by atoms with van der Waals surface area (Å²) >= 11 is 0. The lowest BCUT2D eigenvalue weighted by Gasteiger charge is -2.17. The van der Waals surface area contributed by atoms with Crippen LogP contribution in [0.1, 0.15) is 58.4 Å². The monoisotopic (exact) mass is 445 g/mol. The summed E-state index contributed by atoms with van der Waals surface area (Å²) in [5.74, 6) is 1.52. The Morgan fingerprint density at radius 2 is 1.70 bits per heavy atom. The Labute approximate surface area is 197 Å². The van der Waals surface area contributed by atoms with E-state index in [4.69, 9.17) is 9.47 Å². The van der Waals surface area contributed by atoms with Gasteiger partial charge in [0.2, 0.25) is 0 Å². The van der Waals surface area contributed by atoms with Crippen LogP contribution in [0.2, 0.25) is 0 Å². The highest BCUT2D eigenvalue weighted by Crippen LogP contribution is 2.27. The van der Waals surface area contributed by atoms with Crippen LogP contribution in [0, 0.1) is 20.8 Å². The van der Waals surface area contributed by atoms with Crippen LogP contribution in [0.25, 0.3) is 0 Å². The molecular formula is C29H35NO3. The first-order valence-electron chi connectivity index (χ1n) is 11.7. The van der Waals surface area contributed by atoms with Crippen LogP contribution in [0.15, 0.2) is 60.7 Å². The number of ether oxygens (including phenoxy) is 2. The molecule has 0 aliphatic carbocycles. The number of aryl methyl sites for hydroxylation is 3. The smallest absolute Gasteiger partial charge is 0.251 e. The van der Waals surface area contributed by atoms with Gasteiger partial charge in [0, 0.05) is 17.2 Å². The quantitative estimate of drug-likeness (QED) is 0.396. The van der Waals surface area contributed by atoms with Gasteiger partial charge >= 0.3 is 0 Å². The van der Waals surface area contributed by atoms with E-state index in [0.717, 1.165) is 41.0 Å². The molecule has 0 radical (unpaired) electrons. The molecule has 1 atom stereocenters. The third-order valence-corrected chi connectivity index (χ3v) is 5.86. The summed E-state index contributed by atoms with van der Waals surface area (Å²) < 4.78 is 12.0. The van der Waals surface area contributed by atoms with Crippen molar-refractivity contribution >= 4 is 5.91 Å². The molecule has 0 aliphatic heterocycles. The molecule has 0 saturated heterocycles. The number of carbonyl (C=O) groups excluding carboxylic acids is 1. The molecule has 0 aliphatic rings. The molecule has 0 spiro atoms. The highest BCUT2D eigenvalue weighted by atomic mass is 16.5. The summed E-state index contributed by atoms with van der Waals surface area (Å²) in [6.07, 6.45) is 1.81. The number of hydrogen-bond donors (Lipinski definition) is 1. The van der Waals surface area contributed by atoms with Crippen LogP contribution in [0.5, 0.6) is 11.5 Å². The summed E-state index contributed by atoms with van der Waals surface area (Å²) in [4.78, 5) is 12.9. The van der Waals surface area contributed by atoms with Gasteiger partial charge in [-0.2, -0.15) is 0 Å². The Kier molecular flexibility index (Phi) is 8.53. The standard InChI is InChI=1S/C29H35NO3/c1-6-32-27-15-14-25(29(31)30-22(4)12-13-24-10-8-7-9-11-24)18-26(27)19-33-28-17-20(2)16-21(3)23(28)5/h7-11,14-18,22H,6,12-13,19H2,1-5H3,(H,30,31)/t22-/m1/s1. The van der Waals surface area contributed by atoms with Crippen LogP contribution in [-0.4, -0.2) is 18.6 Å². The van der Waals surface area contributed by atoms with Gasteiger partial charge in [0.1, 0.15) is 18.1 Å². The largest absolute Gasteiger partial charge is 0.493 e. The van der Waals surface area contributed by atoms with E-state index in [1.165, 1.54) is 11.1 Å². The molecule has 4 nitrogen and oxygen atoms in total. The minimum absolute atomic E-state index is 0.0712. The molecule has 33 heavy (non-hydrogen) atoms. The lowest BCUT2D eigenvalue weighted by Crippen LogP contribution is -2.33. The molecule has 1 amide bonds. The minimum Gasteiger partial charge on any atom is -0.493 e. The van der Waals surface area contributed by atoms with Crippen molar-refractivity contribution in [2.45, 2.75) is 60.1 Å². The molecule has 0 heterocycles. The van der Waals surface area contributed by atoms with E-state index in [9.17, 15) is 4.79 Å². The van der Waals surface area contributed by atoms with E-state index >= 15 is 0 Å². The number of benzene rings is 3. The zero-order valence-electron chi connectivity index (χ0n) is 20.4. The topological polar surface area (TPSA) is 47.6 Å². The second-order valence-electron chi connectivity index (χ2n) is 8.65. The van der Waals surface area contributed by atoms with Crippen molar-refractivity contribution in [3.05, 3.63) is 94.0 Å². The van der Waals surface area contributed by atoms with Crippen LogP contribution in [0.3, 0.4) is 0 Å². The van der Waals surface area contributed by atoms with Crippen LogP contribution >= 0.6 is 0 Å². The number of amides is 1. The molecule has 0 aromatic heterocycles. The summed E-state index contributed by atoms with van der Waals surface area (Å²) in [5, 5.41) is 3.12. The number of nitrogens with one attached hydrogen (secondary N) is 1. The molecule has 0 unspecified atom stereocenters. The predicted octanol–water partition coefficient (Wildman–Crippen LogP) is 6.34. The van der Waals surface area contributed by atoms with Gasteiger partial charge in [0.15, 0.2) is 0 Å². The fourth-order valence-corrected chi connectivity index (χ4v) is 3.84. The molecule has 3 aromatic carbocycles.